The molecule has 1 aliphatic rings. The number of pyridine rings is 2. The summed E-state index contributed by atoms with van der Waals surface area (Å²) in [5.74, 6) is 0.702. The van der Waals surface area contributed by atoms with E-state index in [0.29, 0.717) is 5.92 Å². The van der Waals surface area contributed by atoms with E-state index in [-0.39, 0.29) is 0 Å². The van der Waals surface area contributed by atoms with Gasteiger partial charge in [-0.3, -0.25) is 0 Å². The van der Waals surface area contributed by atoms with Crippen molar-refractivity contribution >= 4 is 49.0 Å². The number of hydrogen-bond acceptors (Lipinski definition) is 0. The first-order valence-electron chi connectivity index (χ1n) is 12.0. The molecule has 0 atom stereocenters. The van der Waals surface area contributed by atoms with Crippen LogP contribution in [0.1, 0.15) is 53.9 Å². The molecular formula is C30H29N2+. The van der Waals surface area contributed by atoms with Crippen LogP contribution in [-0.4, -0.2) is 4.40 Å². The van der Waals surface area contributed by atoms with Gasteiger partial charge < -0.3 is 4.40 Å². The van der Waals surface area contributed by atoms with Crippen molar-refractivity contribution in [1.29, 1.82) is 0 Å². The van der Waals surface area contributed by atoms with Crippen molar-refractivity contribution in [3.8, 4) is 0 Å². The molecule has 3 heterocycles. The number of rotatable bonds is 1. The van der Waals surface area contributed by atoms with Gasteiger partial charge in [-0.1, -0.05) is 31.0 Å². The molecular weight excluding hydrogens is 388 g/mol. The Hall–Kier alpha value is -3.13. The van der Waals surface area contributed by atoms with E-state index >= 15 is 0 Å². The molecule has 0 aliphatic heterocycles. The van der Waals surface area contributed by atoms with Crippen LogP contribution in [0.4, 0.5) is 0 Å². The smallest absolute Gasteiger partial charge is 0.224 e. The Labute approximate surface area is 188 Å². The lowest BCUT2D eigenvalue weighted by atomic mass is 9.92. The van der Waals surface area contributed by atoms with Crippen LogP contribution in [0.25, 0.3) is 49.0 Å². The Kier molecular flexibility index (Phi) is 3.59. The maximum Gasteiger partial charge on any atom is 0.224 e. The zero-order valence-corrected chi connectivity index (χ0v) is 19.4. The SMILES string of the molecule is Cc1ccc2c3cc(C)c(C)c4c3n(c2c1)c1cc(C2CCCC2)cc2cc[n+](C)c4c21. The van der Waals surface area contributed by atoms with Crippen molar-refractivity contribution in [1.82, 2.24) is 4.40 Å². The fourth-order valence-electron chi connectivity index (χ4n) is 6.53. The normalized spacial score (nSPS) is 15.5. The molecule has 6 aromatic rings. The van der Waals surface area contributed by atoms with Crippen LogP contribution in [0.5, 0.6) is 0 Å². The Morgan fingerprint density at radius 1 is 0.844 bits per heavy atom. The second-order valence-corrected chi connectivity index (χ2v) is 10.2. The van der Waals surface area contributed by atoms with E-state index in [1.807, 2.05) is 0 Å². The number of aromatic nitrogens is 2. The molecule has 0 bridgehead atoms. The lowest BCUT2D eigenvalue weighted by Crippen LogP contribution is -2.29. The van der Waals surface area contributed by atoms with Crippen molar-refractivity contribution in [3.63, 3.8) is 0 Å². The number of fused-ring (bicyclic) bond motifs is 5. The summed E-state index contributed by atoms with van der Waals surface area (Å²) in [6, 6.07) is 16.7. The molecule has 2 heteroatoms. The fourth-order valence-corrected chi connectivity index (χ4v) is 6.53. The molecule has 0 N–H and O–H groups in total. The summed E-state index contributed by atoms with van der Waals surface area (Å²) in [4.78, 5) is 0. The van der Waals surface area contributed by atoms with Gasteiger partial charge >= 0.3 is 0 Å². The van der Waals surface area contributed by atoms with Crippen molar-refractivity contribution in [2.24, 2.45) is 7.05 Å². The minimum Gasteiger partial charge on any atom is -0.307 e. The van der Waals surface area contributed by atoms with E-state index in [0.717, 1.165) is 0 Å². The van der Waals surface area contributed by atoms with Crippen LogP contribution in [0, 0.1) is 20.8 Å². The standard InChI is InChI=1S/C30H29N2/c1-17-9-10-23-24-14-18(2)19(3)27-29(24)32(25(23)13-17)26-16-22(20-7-5-6-8-20)15-21-11-12-31(4)30(27)28(21)26/h9-16,20H,5-8H2,1-4H3/q+1. The molecule has 0 spiro atoms. The Balaban J connectivity index is 1.84. The minimum absolute atomic E-state index is 0.702. The molecule has 7 rings (SSSR count). The van der Waals surface area contributed by atoms with Crippen LogP contribution in [0.3, 0.4) is 0 Å². The summed E-state index contributed by atoms with van der Waals surface area (Å²) >= 11 is 0. The molecule has 1 saturated carbocycles. The van der Waals surface area contributed by atoms with Crippen LogP contribution in [0.2, 0.25) is 0 Å². The highest BCUT2D eigenvalue weighted by atomic mass is 15.0. The summed E-state index contributed by atoms with van der Waals surface area (Å²) in [5, 5.41) is 6.94. The van der Waals surface area contributed by atoms with E-state index in [1.165, 1.54) is 96.9 Å². The van der Waals surface area contributed by atoms with Crippen LogP contribution in [-0.2, 0) is 7.05 Å². The van der Waals surface area contributed by atoms with E-state index in [1.54, 1.807) is 0 Å². The minimum atomic E-state index is 0.702. The first-order valence-corrected chi connectivity index (χ1v) is 12.0. The first kappa shape index (κ1) is 18.4. The van der Waals surface area contributed by atoms with Gasteiger partial charge in [0.2, 0.25) is 5.52 Å². The Morgan fingerprint density at radius 2 is 1.66 bits per heavy atom. The summed E-state index contributed by atoms with van der Waals surface area (Å²) in [6.07, 6.45) is 7.65. The molecule has 3 aromatic carbocycles. The third kappa shape index (κ3) is 2.23. The third-order valence-corrected chi connectivity index (χ3v) is 8.27. The van der Waals surface area contributed by atoms with Crippen molar-refractivity contribution in [2.45, 2.75) is 52.4 Å². The van der Waals surface area contributed by atoms with E-state index in [2.05, 4.69) is 85.4 Å². The van der Waals surface area contributed by atoms with Crippen molar-refractivity contribution < 1.29 is 4.57 Å². The zero-order valence-electron chi connectivity index (χ0n) is 19.4. The summed E-state index contributed by atoms with van der Waals surface area (Å²) < 4.78 is 4.93. The number of nitrogens with zero attached hydrogens (tertiary/aromatic N) is 2. The van der Waals surface area contributed by atoms with Gasteiger partial charge in [-0.15, -0.1) is 0 Å². The van der Waals surface area contributed by atoms with Gasteiger partial charge in [-0.25, -0.2) is 4.57 Å². The zero-order chi connectivity index (χ0) is 21.7. The van der Waals surface area contributed by atoms with Gasteiger partial charge in [0.15, 0.2) is 6.20 Å². The fraction of sp³-hybridized carbons (Fsp3) is 0.300. The predicted molar refractivity (Wildman–Crippen MR) is 135 cm³/mol. The highest BCUT2D eigenvalue weighted by Crippen LogP contribution is 2.44. The molecule has 0 radical (unpaired) electrons. The predicted octanol–water partition coefficient (Wildman–Crippen LogP) is 7.40. The largest absolute Gasteiger partial charge is 0.307 e. The monoisotopic (exact) mass is 417 g/mol. The summed E-state index contributed by atoms with van der Waals surface area (Å²) in [6.45, 7) is 6.78. The molecule has 1 aliphatic carbocycles. The molecule has 2 nitrogen and oxygen atoms in total. The van der Waals surface area contributed by atoms with Gasteiger partial charge in [0.25, 0.3) is 0 Å². The molecule has 0 saturated heterocycles. The molecule has 32 heavy (non-hydrogen) atoms. The van der Waals surface area contributed by atoms with Crippen molar-refractivity contribution in [2.75, 3.05) is 0 Å². The highest BCUT2D eigenvalue weighted by molar-refractivity contribution is 6.26. The Morgan fingerprint density at radius 3 is 2.47 bits per heavy atom. The van der Waals surface area contributed by atoms with Gasteiger partial charge in [-0.2, -0.15) is 0 Å². The second-order valence-electron chi connectivity index (χ2n) is 10.2. The van der Waals surface area contributed by atoms with E-state index in [4.69, 9.17) is 0 Å². The summed E-state index contributed by atoms with van der Waals surface area (Å²) in [7, 11) is 2.21. The van der Waals surface area contributed by atoms with Gasteiger partial charge in [0.05, 0.1) is 27.3 Å². The van der Waals surface area contributed by atoms with Crippen molar-refractivity contribution in [3.05, 3.63) is 70.9 Å². The van der Waals surface area contributed by atoms with Gasteiger partial charge in [0.1, 0.15) is 7.05 Å². The molecule has 1 fully saturated rings. The topological polar surface area (TPSA) is 8.29 Å². The average Bonchev–Trinajstić information content (AvgIpc) is 3.42. The first-order chi connectivity index (χ1) is 15.5. The maximum absolute atomic E-state index is 2.59. The Bertz CT molecular complexity index is 1710. The molecule has 0 unspecified atom stereocenters. The summed E-state index contributed by atoms with van der Waals surface area (Å²) in [5.41, 5.74) is 11.1. The second kappa shape index (κ2) is 6.22. The maximum atomic E-state index is 2.59. The van der Waals surface area contributed by atoms with Crippen LogP contribution >= 0.6 is 0 Å². The molecule has 158 valence electrons. The number of benzene rings is 3. The van der Waals surface area contributed by atoms with Gasteiger partial charge in [0, 0.05) is 16.8 Å². The average molecular weight is 418 g/mol. The quantitative estimate of drug-likeness (QED) is 0.150. The highest BCUT2D eigenvalue weighted by Gasteiger charge is 2.26. The van der Waals surface area contributed by atoms with E-state index in [9.17, 15) is 0 Å². The number of hydrogen-bond donors (Lipinski definition) is 0. The van der Waals surface area contributed by atoms with Crippen LogP contribution < -0.4 is 4.57 Å². The van der Waals surface area contributed by atoms with E-state index < -0.39 is 0 Å². The van der Waals surface area contributed by atoms with Gasteiger partial charge in [-0.05, 0) is 85.4 Å². The lowest BCUT2D eigenvalue weighted by Gasteiger charge is -2.17. The lowest BCUT2D eigenvalue weighted by molar-refractivity contribution is -0.643. The molecule has 3 aromatic heterocycles. The molecule has 0 amide bonds. The number of aryl methyl sites for hydroxylation is 4. The van der Waals surface area contributed by atoms with Crippen LogP contribution in [0.15, 0.2) is 48.7 Å². The third-order valence-electron chi connectivity index (χ3n) is 8.27.